The van der Waals surface area contributed by atoms with Crippen LogP contribution in [0.25, 0.3) is 16.7 Å². The Morgan fingerprint density at radius 3 is 2.61 bits per heavy atom. The monoisotopic (exact) mass is 380 g/mol. The molecule has 1 aromatic carbocycles. The van der Waals surface area contributed by atoms with Crippen LogP contribution < -0.4 is 10.1 Å². The Labute approximate surface area is 165 Å². The SMILES string of the molecule is CCCCNC(=O)COc1cc(C)c2c(C)nn(-c3ccc(CC)cc3)c2n1. The Hall–Kier alpha value is -2.89. The zero-order valence-corrected chi connectivity index (χ0v) is 17.1. The molecule has 2 aromatic heterocycles. The molecule has 148 valence electrons. The van der Waals surface area contributed by atoms with E-state index in [2.05, 4.69) is 53.5 Å². The van der Waals surface area contributed by atoms with Crippen LogP contribution in [0.4, 0.5) is 0 Å². The summed E-state index contributed by atoms with van der Waals surface area (Å²) in [6.45, 7) is 8.85. The average Bonchev–Trinajstić information content (AvgIpc) is 3.03. The number of hydrogen-bond donors (Lipinski definition) is 1. The lowest BCUT2D eigenvalue weighted by Gasteiger charge is -2.09. The number of aryl methyl sites for hydroxylation is 3. The predicted molar refractivity (Wildman–Crippen MR) is 111 cm³/mol. The lowest BCUT2D eigenvalue weighted by atomic mass is 10.1. The minimum atomic E-state index is -0.132. The highest BCUT2D eigenvalue weighted by Crippen LogP contribution is 2.26. The number of pyridine rings is 1. The van der Waals surface area contributed by atoms with Crippen LogP contribution in [-0.2, 0) is 11.2 Å². The molecular formula is C22H28N4O2. The number of carbonyl (C=O) groups is 1. The maximum atomic E-state index is 11.9. The van der Waals surface area contributed by atoms with E-state index in [-0.39, 0.29) is 12.5 Å². The van der Waals surface area contributed by atoms with Crippen molar-refractivity contribution >= 4 is 16.9 Å². The molecule has 1 N–H and O–H groups in total. The van der Waals surface area contributed by atoms with Crippen LogP contribution in [0.1, 0.15) is 43.5 Å². The van der Waals surface area contributed by atoms with Gasteiger partial charge in [0, 0.05) is 18.0 Å². The second-order valence-corrected chi connectivity index (χ2v) is 6.99. The molecule has 3 aromatic rings. The van der Waals surface area contributed by atoms with Gasteiger partial charge in [-0.3, -0.25) is 4.79 Å². The van der Waals surface area contributed by atoms with Gasteiger partial charge in [-0.15, -0.1) is 0 Å². The molecule has 0 fully saturated rings. The number of ether oxygens (including phenoxy) is 1. The Morgan fingerprint density at radius 2 is 1.93 bits per heavy atom. The third-order valence-corrected chi connectivity index (χ3v) is 4.78. The quantitative estimate of drug-likeness (QED) is 0.602. The number of hydrogen-bond acceptors (Lipinski definition) is 4. The molecule has 0 saturated heterocycles. The average molecular weight is 380 g/mol. The van der Waals surface area contributed by atoms with Crippen LogP contribution in [0, 0.1) is 13.8 Å². The van der Waals surface area contributed by atoms with E-state index in [1.165, 1.54) is 5.56 Å². The van der Waals surface area contributed by atoms with Crippen molar-refractivity contribution in [2.24, 2.45) is 0 Å². The van der Waals surface area contributed by atoms with Gasteiger partial charge in [0.05, 0.1) is 11.4 Å². The van der Waals surface area contributed by atoms with Crippen LogP contribution >= 0.6 is 0 Å². The molecule has 3 rings (SSSR count). The first kappa shape index (κ1) is 19.9. The smallest absolute Gasteiger partial charge is 0.258 e. The second-order valence-electron chi connectivity index (χ2n) is 6.99. The van der Waals surface area contributed by atoms with Gasteiger partial charge in [-0.1, -0.05) is 32.4 Å². The summed E-state index contributed by atoms with van der Waals surface area (Å²) in [7, 11) is 0. The lowest BCUT2D eigenvalue weighted by molar-refractivity contribution is -0.123. The number of nitrogens with one attached hydrogen (secondary N) is 1. The largest absolute Gasteiger partial charge is 0.468 e. The van der Waals surface area contributed by atoms with E-state index in [4.69, 9.17) is 4.74 Å². The Balaban J connectivity index is 1.87. The van der Waals surface area contributed by atoms with Gasteiger partial charge in [-0.2, -0.15) is 10.1 Å². The summed E-state index contributed by atoms with van der Waals surface area (Å²) < 4.78 is 7.50. The first-order valence-corrected chi connectivity index (χ1v) is 9.89. The second kappa shape index (κ2) is 8.87. The zero-order chi connectivity index (χ0) is 20.1. The molecule has 6 heteroatoms. The van der Waals surface area contributed by atoms with Gasteiger partial charge < -0.3 is 10.1 Å². The van der Waals surface area contributed by atoms with Crippen molar-refractivity contribution < 1.29 is 9.53 Å². The molecule has 0 aliphatic heterocycles. The van der Waals surface area contributed by atoms with E-state index < -0.39 is 0 Å². The van der Waals surface area contributed by atoms with Gasteiger partial charge >= 0.3 is 0 Å². The van der Waals surface area contributed by atoms with Gasteiger partial charge in [0.2, 0.25) is 5.88 Å². The summed E-state index contributed by atoms with van der Waals surface area (Å²) in [5.74, 6) is 0.301. The number of benzene rings is 1. The van der Waals surface area contributed by atoms with Crippen LogP contribution in [0.5, 0.6) is 5.88 Å². The molecule has 1 amide bonds. The summed E-state index contributed by atoms with van der Waals surface area (Å²) in [5.41, 5.74) is 4.92. The third kappa shape index (κ3) is 4.32. The van der Waals surface area contributed by atoms with Crippen molar-refractivity contribution in [2.75, 3.05) is 13.2 Å². The fraction of sp³-hybridized carbons (Fsp3) is 0.409. The van der Waals surface area contributed by atoms with Gasteiger partial charge in [-0.25, -0.2) is 4.68 Å². The number of rotatable bonds is 8. The summed E-state index contributed by atoms with van der Waals surface area (Å²) in [4.78, 5) is 16.6. The maximum absolute atomic E-state index is 11.9. The topological polar surface area (TPSA) is 69.0 Å². The van der Waals surface area contributed by atoms with Gasteiger partial charge in [0.25, 0.3) is 5.91 Å². The summed E-state index contributed by atoms with van der Waals surface area (Å²) in [6.07, 6.45) is 3.00. The summed E-state index contributed by atoms with van der Waals surface area (Å²) in [5, 5.41) is 8.54. The molecule has 0 aliphatic rings. The Bertz CT molecular complexity index is 961. The van der Waals surface area contributed by atoms with Crippen LogP contribution in [0.15, 0.2) is 30.3 Å². The molecule has 6 nitrogen and oxygen atoms in total. The fourth-order valence-electron chi connectivity index (χ4n) is 3.20. The minimum absolute atomic E-state index is 0.0417. The van der Waals surface area contributed by atoms with Gasteiger partial charge in [0.15, 0.2) is 12.3 Å². The van der Waals surface area contributed by atoms with E-state index in [0.717, 1.165) is 47.2 Å². The summed E-state index contributed by atoms with van der Waals surface area (Å²) >= 11 is 0. The maximum Gasteiger partial charge on any atom is 0.258 e. The van der Waals surface area contributed by atoms with Crippen molar-refractivity contribution in [3.63, 3.8) is 0 Å². The third-order valence-electron chi connectivity index (χ3n) is 4.78. The molecular weight excluding hydrogens is 352 g/mol. The highest BCUT2D eigenvalue weighted by atomic mass is 16.5. The van der Waals surface area contributed by atoms with E-state index >= 15 is 0 Å². The van der Waals surface area contributed by atoms with Crippen molar-refractivity contribution in [1.82, 2.24) is 20.1 Å². The molecule has 28 heavy (non-hydrogen) atoms. The number of nitrogens with zero attached hydrogens (tertiary/aromatic N) is 3. The minimum Gasteiger partial charge on any atom is -0.468 e. The standard InChI is InChI=1S/C22H28N4O2/c1-5-7-12-23-19(27)14-28-20-13-15(3)21-16(4)25-26(22(21)24-20)18-10-8-17(6-2)9-11-18/h8-11,13H,5-7,12,14H2,1-4H3,(H,23,27). The number of unbranched alkanes of at least 4 members (excludes halogenated alkanes) is 1. The van der Waals surface area contributed by atoms with Crippen molar-refractivity contribution in [3.8, 4) is 11.6 Å². The van der Waals surface area contributed by atoms with E-state index in [9.17, 15) is 4.79 Å². The van der Waals surface area contributed by atoms with E-state index in [1.54, 1.807) is 0 Å². The molecule has 0 aliphatic carbocycles. The molecule has 0 atom stereocenters. The number of amides is 1. The molecule has 0 bridgehead atoms. The van der Waals surface area contributed by atoms with Gasteiger partial charge in [0.1, 0.15) is 0 Å². The highest BCUT2D eigenvalue weighted by Gasteiger charge is 2.15. The van der Waals surface area contributed by atoms with E-state index in [1.807, 2.05) is 24.6 Å². The van der Waals surface area contributed by atoms with Crippen LogP contribution in [0.3, 0.4) is 0 Å². The van der Waals surface area contributed by atoms with Crippen molar-refractivity contribution in [2.45, 2.75) is 47.0 Å². The number of fused-ring (bicyclic) bond motifs is 1. The van der Waals surface area contributed by atoms with Crippen LogP contribution in [-0.4, -0.2) is 33.8 Å². The lowest BCUT2D eigenvalue weighted by Crippen LogP contribution is -2.29. The molecule has 0 unspecified atom stereocenters. The molecule has 0 radical (unpaired) electrons. The number of aromatic nitrogens is 3. The Morgan fingerprint density at radius 1 is 1.18 bits per heavy atom. The first-order valence-electron chi connectivity index (χ1n) is 9.89. The predicted octanol–water partition coefficient (Wildman–Crippen LogP) is 3.89. The first-order chi connectivity index (χ1) is 13.5. The molecule has 0 saturated carbocycles. The van der Waals surface area contributed by atoms with Crippen LogP contribution in [0.2, 0.25) is 0 Å². The summed E-state index contributed by atoms with van der Waals surface area (Å²) in [6, 6.07) is 10.2. The van der Waals surface area contributed by atoms with Crippen molar-refractivity contribution in [1.29, 1.82) is 0 Å². The van der Waals surface area contributed by atoms with Crippen molar-refractivity contribution in [3.05, 3.63) is 47.2 Å². The highest BCUT2D eigenvalue weighted by molar-refractivity contribution is 5.84. The Kier molecular flexibility index (Phi) is 6.29. The molecule has 0 spiro atoms. The molecule has 2 heterocycles. The van der Waals surface area contributed by atoms with Gasteiger partial charge in [-0.05, 0) is 49.9 Å². The van der Waals surface area contributed by atoms with E-state index in [0.29, 0.717) is 12.4 Å². The zero-order valence-electron chi connectivity index (χ0n) is 17.1. The normalized spacial score (nSPS) is 11.0. The number of carbonyl (C=O) groups excluding carboxylic acids is 1. The fourth-order valence-corrected chi connectivity index (χ4v) is 3.20.